The van der Waals surface area contributed by atoms with Crippen LogP contribution >= 0.6 is 0 Å². The Balaban J connectivity index is 1.77. The molecule has 0 aliphatic rings. The van der Waals surface area contributed by atoms with Crippen molar-refractivity contribution in [2.75, 3.05) is 0 Å². The molecule has 122 valence electrons. The van der Waals surface area contributed by atoms with Crippen LogP contribution < -0.4 is 0 Å². The van der Waals surface area contributed by atoms with Crippen LogP contribution in [-0.2, 0) is 0 Å². The van der Waals surface area contributed by atoms with E-state index in [0.29, 0.717) is 17.1 Å². The first-order valence-electron chi connectivity index (χ1n) is 8.06. The number of nitrogens with zero attached hydrogens (tertiary/aromatic N) is 5. The summed E-state index contributed by atoms with van der Waals surface area (Å²) in [4.78, 5) is 8.99. The van der Waals surface area contributed by atoms with E-state index in [1.165, 1.54) is 0 Å². The van der Waals surface area contributed by atoms with Crippen molar-refractivity contribution < 1.29 is 0 Å². The third kappa shape index (κ3) is 3.04. The highest BCUT2D eigenvalue weighted by Crippen LogP contribution is 2.25. The molecule has 0 amide bonds. The molecule has 2 aromatic heterocycles. The molecule has 0 spiro atoms. The Bertz CT molecular complexity index is 1100. The molecule has 0 aliphatic heterocycles. The number of nitriles is 1. The van der Waals surface area contributed by atoms with E-state index < -0.39 is 0 Å². The van der Waals surface area contributed by atoms with Crippen LogP contribution in [0.15, 0.2) is 79.1 Å². The molecule has 2 aromatic carbocycles. The highest BCUT2D eigenvalue weighted by molar-refractivity contribution is 5.70. The monoisotopic (exact) mass is 335 g/mol. The van der Waals surface area contributed by atoms with Gasteiger partial charge >= 0.3 is 0 Å². The first-order chi connectivity index (χ1) is 12.8. The van der Waals surface area contributed by atoms with Crippen molar-refractivity contribution in [1.82, 2.24) is 20.2 Å². The summed E-state index contributed by atoms with van der Waals surface area (Å²) in [5.74, 6) is 0.544. The Morgan fingerprint density at radius 3 is 2.46 bits per heavy atom. The third-order valence-corrected chi connectivity index (χ3v) is 3.96. The van der Waals surface area contributed by atoms with Crippen LogP contribution in [0.1, 0.15) is 5.56 Å². The largest absolute Gasteiger partial charge is 0.236 e. The number of aromatic nitrogens is 4. The fourth-order valence-corrected chi connectivity index (χ4v) is 2.69. The smallest absolute Gasteiger partial charge is 0.161 e. The van der Waals surface area contributed by atoms with E-state index in [1.807, 2.05) is 54.6 Å². The molecule has 2 heterocycles. The van der Waals surface area contributed by atoms with Crippen molar-refractivity contribution in [3.8, 4) is 40.0 Å². The minimum Gasteiger partial charge on any atom is -0.236 e. The lowest BCUT2D eigenvalue weighted by atomic mass is 10.1. The van der Waals surface area contributed by atoms with Crippen LogP contribution in [0.4, 0.5) is 0 Å². The molecule has 0 bridgehead atoms. The molecule has 0 saturated carbocycles. The summed E-state index contributed by atoms with van der Waals surface area (Å²) in [6.45, 7) is 0. The Labute approximate surface area is 150 Å². The van der Waals surface area contributed by atoms with Crippen molar-refractivity contribution in [1.29, 1.82) is 5.26 Å². The molecule has 5 heteroatoms. The summed E-state index contributed by atoms with van der Waals surface area (Å²) >= 11 is 0. The van der Waals surface area contributed by atoms with E-state index >= 15 is 0 Å². The summed E-state index contributed by atoms with van der Waals surface area (Å²) in [5, 5.41) is 17.6. The van der Waals surface area contributed by atoms with Crippen molar-refractivity contribution >= 4 is 0 Å². The second-order valence-electron chi connectivity index (χ2n) is 5.62. The van der Waals surface area contributed by atoms with Gasteiger partial charge in [-0.25, -0.2) is 9.97 Å². The summed E-state index contributed by atoms with van der Waals surface area (Å²) in [5.41, 5.74) is 4.57. The minimum absolute atomic E-state index is 0.544. The fraction of sp³-hybridized carbons (Fsp3) is 0. The van der Waals surface area contributed by atoms with Crippen molar-refractivity contribution in [3.63, 3.8) is 0 Å². The molecule has 0 N–H and O–H groups in total. The molecule has 26 heavy (non-hydrogen) atoms. The summed E-state index contributed by atoms with van der Waals surface area (Å²) in [6.07, 6.45) is 3.33. The van der Waals surface area contributed by atoms with E-state index in [1.54, 1.807) is 24.5 Å². The first-order valence-corrected chi connectivity index (χ1v) is 8.06. The van der Waals surface area contributed by atoms with E-state index in [2.05, 4.69) is 26.2 Å². The topological polar surface area (TPSA) is 75.3 Å². The zero-order valence-electron chi connectivity index (χ0n) is 13.7. The van der Waals surface area contributed by atoms with Crippen molar-refractivity contribution in [2.45, 2.75) is 0 Å². The zero-order valence-corrected chi connectivity index (χ0v) is 13.7. The standard InChI is InChI=1S/C21H13N5/c22-13-16-8-4-5-9-18(16)19-10-11-23-21(25-19)17-12-20(26-24-14-17)15-6-2-1-3-7-15/h1-12,14H. The van der Waals surface area contributed by atoms with Gasteiger partial charge in [0, 0.05) is 22.9 Å². The third-order valence-electron chi connectivity index (χ3n) is 3.96. The van der Waals surface area contributed by atoms with Crippen LogP contribution in [0.5, 0.6) is 0 Å². The van der Waals surface area contributed by atoms with Gasteiger partial charge in [0.15, 0.2) is 5.82 Å². The predicted octanol–water partition coefficient (Wildman–Crippen LogP) is 4.14. The zero-order chi connectivity index (χ0) is 17.8. The van der Waals surface area contributed by atoms with Gasteiger partial charge in [-0.2, -0.15) is 15.5 Å². The SMILES string of the molecule is N#Cc1ccccc1-c1ccnc(-c2cnnc(-c3ccccc3)c2)n1. The lowest BCUT2D eigenvalue weighted by Crippen LogP contribution is -1.95. The lowest BCUT2D eigenvalue weighted by Gasteiger charge is -2.06. The molecule has 4 aromatic rings. The van der Waals surface area contributed by atoms with E-state index in [-0.39, 0.29) is 0 Å². The molecular formula is C21H13N5. The van der Waals surface area contributed by atoms with Gasteiger partial charge in [0.05, 0.1) is 29.2 Å². The quantitative estimate of drug-likeness (QED) is 0.562. The van der Waals surface area contributed by atoms with Crippen LogP contribution in [-0.4, -0.2) is 20.2 Å². The molecule has 5 nitrogen and oxygen atoms in total. The van der Waals surface area contributed by atoms with Gasteiger partial charge in [0.2, 0.25) is 0 Å². The number of hydrogen-bond donors (Lipinski definition) is 0. The van der Waals surface area contributed by atoms with E-state index in [4.69, 9.17) is 0 Å². The van der Waals surface area contributed by atoms with Crippen LogP contribution in [0.3, 0.4) is 0 Å². The Kier molecular flexibility index (Phi) is 4.15. The number of hydrogen-bond acceptors (Lipinski definition) is 5. The maximum Gasteiger partial charge on any atom is 0.161 e. The van der Waals surface area contributed by atoms with Gasteiger partial charge in [-0.3, -0.25) is 0 Å². The number of benzene rings is 2. The van der Waals surface area contributed by atoms with Gasteiger partial charge in [0.1, 0.15) is 0 Å². The van der Waals surface area contributed by atoms with E-state index in [0.717, 1.165) is 22.4 Å². The molecule has 0 unspecified atom stereocenters. The molecule has 0 radical (unpaired) electrons. The molecule has 0 saturated heterocycles. The molecule has 0 atom stereocenters. The highest BCUT2D eigenvalue weighted by atomic mass is 15.1. The number of rotatable bonds is 3. The summed E-state index contributed by atoms with van der Waals surface area (Å²) in [6, 6.07) is 23.1. The van der Waals surface area contributed by atoms with Gasteiger partial charge in [-0.1, -0.05) is 48.5 Å². The van der Waals surface area contributed by atoms with Crippen LogP contribution in [0, 0.1) is 11.3 Å². The molecular weight excluding hydrogens is 322 g/mol. The van der Waals surface area contributed by atoms with Gasteiger partial charge in [-0.05, 0) is 18.2 Å². The molecule has 0 aliphatic carbocycles. The van der Waals surface area contributed by atoms with Crippen molar-refractivity contribution in [3.05, 3.63) is 84.7 Å². The van der Waals surface area contributed by atoms with E-state index in [9.17, 15) is 5.26 Å². The van der Waals surface area contributed by atoms with Gasteiger partial charge in [0.25, 0.3) is 0 Å². The lowest BCUT2D eigenvalue weighted by molar-refractivity contribution is 1.03. The average molecular weight is 335 g/mol. The van der Waals surface area contributed by atoms with Crippen molar-refractivity contribution in [2.24, 2.45) is 0 Å². The Morgan fingerprint density at radius 2 is 1.62 bits per heavy atom. The first kappa shape index (κ1) is 15.6. The van der Waals surface area contributed by atoms with Gasteiger partial charge < -0.3 is 0 Å². The summed E-state index contributed by atoms with van der Waals surface area (Å²) < 4.78 is 0. The highest BCUT2D eigenvalue weighted by Gasteiger charge is 2.10. The normalized spacial score (nSPS) is 10.3. The second-order valence-corrected chi connectivity index (χ2v) is 5.62. The maximum absolute atomic E-state index is 9.32. The summed E-state index contributed by atoms with van der Waals surface area (Å²) in [7, 11) is 0. The van der Waals surface area contributed by atoms with Crippen LogP contribution in [0.2, 0.25) is 0 Å². The second kappa shape index (κ2) is 6.91. The maximum atomic E-state index is 9.32. The average Bonchev–Trinajstić information content (AvgIpc) is 2.74. The Morgan fingerprint density at radius 1 is 0.808 bits per heavy atom. The predicted molar refractivity (Wildman–Crippen MR) is 98.6 cm³/mol. The minimum atomic E-state index is 0.544. The Hall–Kier alpha value is -3.91. The fourth-order valence-electron chi connectivity index (χ4n) is 2.69. The molecule has 4 rings (SSSR count). The van der Waals surface area contributed by atoms with Gasteiger partial charge in [-0.15, -0.1) is 0 Å². The molecule has 0 fully saturated rings. The van der Waals surface area contributed by atoms with Crippen LogP contribution in [0.25, 0.3) is 33.9 Å².